The molecule has 2 saturated heterocycles. The highest BCUT2D eigenvalue weighted by molar-refractivity contribution is 5.82. The van der Waals surface area contributed by atoms with E-state index in [1.54, 1.807) is 0 Å². The SMILES string of the molecule is c1cnc2cc(N3CCC[C@@H](Nc4nccc(N5CCOCC5)n4)C3)ccc2c1. The summed E-state index contributed by atoms with van der Waals surface area (Å²) in [4.78, 5) is 18.4. The van der Waals surface area contributed by atoms with Gasteiger partial charge in [0.15, 0.2) is 0 Å². The van der Waals surface area contributed by atoms with Gasteiger partial charge in [-0.15, -0.1) is 0 Å². The Hall–Kier alpha value is -2.93. The molecule has 3 aromatic rings. The molecule has 0 radical (unpaired) electrons. The Morgan fingerprint density at radius 2 is 1.90 bits per heavy atom. The largest absolute Gasteiger partial charge is 0.378 e. The van der Waals surface area contributed by atoms with Gasteiger partial charge >= 0.3 is 0 Å². The quantitative estimate of drug-likeness (QED) is 0.735. The monoisotopic (exact) mass is 390 g/mol. The van der Waals surface area contributed by atoms with E-state index in [4.69, 9.17) is 9.72 Å². The van der Waals surface area contributed by atoms with Gasteiger partial charge in [0, 0.05) is 55.7 Å². The molecule has 4 heterocycles. The fourth-order valence-electron chi connectivity index (χ4n) is 4.15. The summed E-state index contributed by atoms with van der Waals surface area (Å²) in [6.07, 6.45) is 5.95. The maximum absolute atomic E-state index is 5.44. The third-order valence-electron chi connectivity index (χ3n) is 5.69. The summed E-state index contributed by atoms with van der Waals surface area (Å²) in [5, 5.41) is 4.74. The molecule has 7 heteroatoms. The number of hydrogen-bond acceptors (Lipinski definition) is 7. The molecule has 1 aromatic carbocycles. The lowest BCUT2D eigenvalue weighted by Crippen LogP contribution is -2.42. The molecule has 7 nitrogen and oxygen atoms in total. The minimum absolute atomic E-state index is 0.322. The number of aromatic nitrogens is 3. The van der Waals surface area contributed by atoms with E-state index >= 15 is 0 Å². The standard InChI is InChI=1S/C22H26N6O/c1-3-17-5-6-19(15-20(17)23-8-1)28-10-2-4-18(16-28)25-22-24-9-7-21(26-22)27-11-13-29-14-12-27/h1,3,5-9,15,18H,2,4,10-14,16H2,(H,24,25,26)/t18-/m1/s1. The second-order valence-corrected chi connectivity index (χ2v) is 7.65. The molecule has 0 amide bonds. The van der Waals surface area contributed by atoms with Gasteiger partial charge in [0.05, 0.1) is 18.7 Å². The Bertz CT molecular complexity index is 974. The molecule has 0 saturated carbocycles. The molecule has 5 rings (SSSR count). The van der Waals surface area contributed by atoms with Crippen LogP contribution in [0.2, 0.25) is 0 Å². The van der Waals surface area contributed by atoms with Crippen molar-refractivity contribution in [1.29, 1.82) is 0 Å². The van der Waals surface area contributed by atoms with Gasteiger partial charge in [0.1, 0.15) is 5.82 Å². The van der Waals surface area contributed by atoms with E-state index in [0.717, 1.165) is 63.6 Å². The Balaban J connectivity index is 1.28. The zero-order valence-corrected chi connectivity index (χ0v) is 16.5. The number of morpholine rings is 1. The number of hydrogen-bond donors (Lipinski definition) is 1. The van der Waals surface area contributed by atoms with Crippen LogP contribution in [0, 0.1) is 0 Å². The van der Waals surface area contributed by atoms with Crippen molar-refractivity contribution < 1.29 is 4.74 Å². The minimum Gasteiger partial charge on any atom is -0.378 e. The number of fused-ring (bicyclic) bond motifs is 1. The highest BCUT2D eigenvalue weighted by Crippen LogP contribution is 2.25. The van der Waals surface area contributed by atoms with Crippen LogP contribution in [0.25, 0.3) is 10.9 Å². The molecule has 150 valence electrons. The number of rotatable bonds is 4. The second kappa shape index (κ2) is 8.21. The predicted octanol–water partition coefficient (Wildman–Crippen LogP) is 2.94. The number of anilines is 3. The van der Waals surface area contributed by atoms with E-state index in [1.165, 1.54) is 11.1 Å². The number of ether oxygens (including phenoxy) is 1. The second-order valence-electron chi connectivity index (χ2n) is 7.65. The van der Waals surface area contributed by atoms with E-state index in [9.17, 15) is 0 Å². The molecule has 29 heavy (non-hydrogen) atoms. The van der Waals surface area contributed by atoms with Gasteiger partial charge in [0.25, 0.3) is 0 Å². The van der Waals surface area contributed by atoms with Gasteiger partial charge in [-0.25, -0.2) is 4.98 Å². The Morgan fingerprint density at radius 3 is 2.83 bits per heavy atom. The molecule has 1 atom stereocenters. The van der Waals surface area contributed by atoms with Crippen LogP contribution < -0.4 is 15.1 Å². The van der Waals surface area contributed by atoms with Crippen LogP contribution in [0.3, 0.4) is 0 Å². The van der Waals surface area contributed by atoms with Gasteiger partial charge in [0.2, 0.25) is 5.95 Å². The summed E-state index contributed by atoms with van der Waals surface area (Å²) in [6.45, 7) is 5.26. The Kier molecular flexibility index (Phi) is 5.13. The smallest absolute Gasteiger partial charge is 0.224 e. The number of nitrogens with zero attached hydrogens (tertiary/aromatic N) is 5. The Labute approximate surface area is 170 Å². The third-order valence-corrected chi connectivity index (χ3v) is 5.69. The van der Waals surface area contributed by atoms with Crippen LogP contribution in [0.4, 0.5) is 17.5 Å². The zero-order valence-electron chi connectivity index (χ0n) is 16.5. The summed E-state index contributed by atoms with van der Waals surface area (Å²) in [6, 6.07) is 12.9. The van der Waals surface area contributed by atoms with Gasteiger partial charge in [-0.2, -0.15) is 4.98 Å². The van der Waals surface area contributed by atoms with Crippen molar-refractivity contribution in [2.45, 2.75) is 18.9 Å². The fraction of sp³-hybridized carbons (Fsp3) is 0.409. The molecule has 0 spiro atoms. The zero-order chi connectivity index (χ0) is 19.5. The molecular weight excluding hydrogens is 364 g/mol. The number of piperidine rings is 1. The number of pyridine rings is 1. The lowest BCUT2D eigenvalue weighted by atomic mass is 10.0. The van der Waals surface area contributed by atoms with Crippen molar-refractivity contribution in [2.24, 2.45) is 0 Å². The van der Waals surface area contributed by atoms with Gasteiger partial charge in [-0.3, -0.25) is 4.98 Å². The van der Waals surface area contributed by atoms with E-state index < -0.39 is 0 Å². The predicted molar refractivity (Wildman–Crippen MR) is 116 cm³/mol. The lowest BCUT2D eigenvalue weighted by molar-refractivity contribution is 0.122. The van der Waals surface area contributed by atoms with E-state index in [0.29, 0.717) is 12.0 Å². The van der Waals surface area contributed by atoms with Gasteiger partial charge < -0.3 is 19.9 Å². The molecular formula is C22H26N6O. The average Bonchev–Trinajstić information content (AvgIpc) is 2.80. The van der Waals surface area contributed by atoms with Crippen LogP contribution in [-0.2, 0) is 4.74 Å². The maximum Gasteiger partial charge on any atom is 0.224 e. The molecule has 2 fully saturated rings. The lowest BCUT2D eigenvalue weighted by Gasteiger charge is -2.35. The fourth-order valence-corrected chi connectivity index (χ4v) is 4.15. The van der Waals surface area contributed by atoms with Crippen molar-refractivity contribution in [3.8, 4) is 0 Å². The third kappa shape index (κ3) is 4.10. The van der Waals surface area contributed by atoms with Crippen molar-refractivity contribution in [1.82, 2.24) is 15.0 Å². The average molecular weight is 390 g/mol. The van der Waals surface area contributed by atoms with Crippen LogP contribution in [0.1, 0.15) is 12.8 Å². The van der Waals surface area contributed by atoms with E-state index in [1.807, 2.05) is 24.5 Å². The van der Waals surface area contributed by atoms with Crippen molar-refractivity contribution >= 4 is 28.4 Å². The minimum atomic E-state index is 0.322. The van der Waals surface area contributed by atoms with Crippen LogP contribution in [0.5, 0.6) is 0 Å². The summed E-state index contributed by atoms with van der Waals surface area (Å²) in [5.41, 5.74) is 2.27. The first-order chi connectivity index (χ1) is 14.3. The van der Waals surface area contributed by atoms with E-state index in [2.05, 4.69) is 49.4 Å². The van der Waals surface area contributed by atoms with Crippen molar-refractivity contribution in [3.63, 3.8) is 0 Å². The highest BCUT2D eigenvalue weighted by Gasteiger charge is 2.22. The first kappa shape index (κ1) is 18.1. The summed E-state index contributed by atoms with van der Waals surface area (Å²) >= 11 is 0. The molecule has 0 unspecified atom stereocenters. The molecule has 2 aromatic heterocycles. The molecule has 1 N–H and O–H groups in total. The van der Waals surface area contributed by atoms with Gasteiger partial charge in [-0.1, -0.05) is 12.1 Å². The molecule has 0 bridgehead atoms. The number of benzene rings is 1. The molecule has 2 aliphatic heterocycles. The van der Waals surface area contributed by atoms with Gasteiger partial charge in [-0.05, 0) is 37.1 Å². The van der Waals surface area contributed by atoms with Crippen LogP contribution in [0.15, 0.2) is 48.8 Å². The van der Waals surface area contributed by atoms with Crippen LogP contribution >= 0.6 is 0 Å². The Morgan fingerprint density at radius 1 is 0.966 bits per heavy atom. The highest BCUT2D eigenvalue weighted by atomic mass is 16.5. The first-order valence-electron chi connectivity index (χ1n) is 10.4. The number of nitrogens with one attached hydrogen (secondary N) is 1. The summed E-state index contributed by atoms with van der Waals surface area (Å²) < 4.78 is 5.44. The first-order valence-corrected chi connectivity index (χ1v) is 10.4. The summed E-state index contributed by atoms with van der Waals surface area (Å²) in [5.74, 6) is 1.68. The van der Waals surface area contributed by atoms with Crippen molar-refractivity contribution in [3.05, 3.63) is 48.8 Å². The van der Waals surface area contributed by atoms with Crippen molar-refractivity contribution in [2.75, 3.05) is 54.5 Å². The maximum atomic E-state index is 5.44. The normalized spacial score (nSPS) is 20.1. The van der Waals surface area contributed by atoms with Crippen LogP contribution in [-0.4, -0.2) is 60.4 Å². The van der Waals surface area contributed by atoms with E-state index in [-0.39, 0.29) is 0 Å². The topological polar surface area (TPSA) is 66.4 Å². The molecule has 0 aliphatic carbocycles. The summed E-state index contributed by atoms with van der Waals surface area (Å²) in [7, 11) is 0. The molecule has 2 aliphatic rings.